The van der Waals surface area contributed by atoms with E-state index >= 15 is 0 Å². The van der Waals surface area contributed by atoms with E-state index in [4.69, 9.17) is 4.74 Å². The van der Waals surface area contributed by atoms with Gasteiger partial charge >= 0.3 is 0 Å². The van der Waals surface area contributed by atoms with Crippen LogP contribution in [0.25, 0.3) is 0 Å². The maximum Gasteiger partial charge on any atom is 0.119 e. The highest BCUT2D eigenvalue weighted by molar-refractivity contribution is 9.09. The molecule has 16 heavy (non-hydrogen) atoms. The molecule has 1 aliphatic carbocycles. The van der Waals surface area contributed by atoms with Gasteiger partial charge in [0, 0.05) is 4.83 Å². The van der Waals surface area contributed by atoms with Gasteiger partial charge in [0.05, 0.1) is 7.11 Å². The normalized spacial score (nSPS) is 30.1. The molecule has 0 saturated heterocycles. The first kappa shape index (κ1) is 11.9. The molecular weight excluding hydrogens is 268 g/mol. The van der Waals surface area contributed by atoms with E-state index in [1.165, 1.54) is 6.42 Å². The summed E-state index contributed by atoms with van der Waals surface area (Å²) in [6.07, 6.45) is 4.10. The van der Waals surface area contributed by atoms with Crippen molar-refractivity contribution >= 4 is 15.9 Å². The second kappa shape index (κ2) is 4.76. The van der Waals surface area contributed by atoms with Crippen molar-refractivity contribution in [1.29, 1.82) is 0 Å². The van der Waals surface area contributed by atoms with Gasteiger partial charge in [-0.3, -0.25) is 0 Å². The lowest BCUT2D eigenvalue weighted by atomic mass is 9.79. The number of hydrogen-bond acceptors (Lipinski definition) is 2. The minimum absolute atomic E-state index is 0.140. The molecule has 2 rings (SSSR count). The van der Waals surface area contributed by atoms with Crippen molar-refractivity contribution in [3.05, 3.63) is 29.8 Å². The highest BCUT2D eigenvalue weighted by atomic mass is 79.9. The fraction of sp³-hybridized carbons (Fsp3) is 0.538. The Morgan fingerprint density at radius 1 is 1.44 bits per heavy atom. The smallest absolute Gasteiger partial charge is 0.119 e. The molecule has 0 radical (unpaired) electrons. The number of aliphatic hydroxyl groups is 1. The van der Waals surface area contributed by atoms with Gasteiger partial charge in [0.2, 0.25) is 0 Å². The van der Waals surface area contributed by atoms with Crippen LogP contribution in [0.3, 0.4) is 0 Å². The molecule has 88 valence electrons. The Labute approximate surface area is 105 Å². The fourth-order valence-electron chi connectivity index (χ4n) is 2.33. The average molecular weight is 285 g/mol. The van der Waals surface area contributed by atoms with E-state index in [1.807, 2.05) is 24.3 Å². The molecule has 1 aromatic rings. The quantitative estimate of drug-likeness (QED) is 0.845. The Hall–Kier alpha value is -0.540. The predicted octanol–water partition coefficient (Wildman–Crippen LogP) is 3.22. The maximum absolute atomic E-state index is 10.7. The number of rotatable bonds is 2. The molecule has 0 aliphatic heterocycles. The summed E-state index contributed by atoms with van der Waals surface area (Å²) in [5.74, 6) is 0.802. The molecule has 1 saturated carbocycles. The standard InChI is InChI=1S/C13H17BrO2/c1-16-11-6-4-5-10(9-11)13(15)8-3-2-7-12(13)14/h4-6,9,12,15H,2-3,7-8H2,1H3/t12-,13+/m1/s1. The number of halogens is 1. The summed E-state index contributed by atoms with van der Waals surface area (Å²) in [4.78, 5) is 0.140. The summed E-state index contributed by atoms with van der Waals surface area (Å²) in [6.45, 7) is 0. The molecule has 1 N–H and O–H groups in total. The molecule has 1 aromatic carbocycles. The number of ether oxygens (including phenoxy) is 1. The minimum Gasteiger partial charge on any atom is -0.497 e. The molecule has 0 bridgehead atoms. The van der Waals surface area contributed by atoms with Crippen molar-refractivity contribution in [1.82, 2.24) is 0 Å². The van der Waals surface area contributed by atoms with Crippen LogP contribution in [0.1, 0.15) is 31.2 Å². The first-order chi connectivity index (χ1) is 7.66. The van der Waals surface area contributed by atoms with Gasteiger partial charge in [-0.15, -0.1) is 0 Å². The average Bonchev–Trinajstić information content (AvgIpc) is 2.33. The number of alkyl halides is 1. The summed E-state index contributed by atoms with van der Waals surface area (Å²) in [6, 6.07) is 7.74. The van der Waals surface area contributed by atoms with Gasteiger partial charge in [0.1, 0.15) is 11.4 Å². The highest BCUT2D eigenvalue weighted by Crippen LogP contribution is 2.41. The minimum atomic E-state index is -0.743. The molecule has 2 nitrogen and oxygen atoms in total. The largest absolute Gasteiger partial charge is 0.497 e. The Kier molecular flexibility index (Phi) is 3.55. The predicted molar refractivity (Wildman–Crippen MR) is 68.1 cm³/mol. The second-order valence-corrected chi connectivity index (χ2v) is 5.47. The number of benzene rings is 1. The van der Waals surface area contributed by atoms with Crippen LogP contribution in [-0.4, -0.2) is 17.0 Å². The van der Waals surface area contributed by atoms with Crippen LogP contribution in [0, 0.1) is 0 Å². The van der Waals surface area contributed by atoms with Crippen LogP contribution in [0.2, 0.25) is 0 Å². The van der Waals surface area contributed by atoms with Gasteiger partial charge in [-0.1, -0.05) is 40.9 Å². The van der Waals surface area contributed by atoms with Crippen molar-refractivity contribution in [3.8, 4) is 5.75 Å². The first-order valence-electron chi connectivity index (χ1n) is 5.68. The summed E-state index contributed by atoms with van der Waals surface area (Å²) in [7, 11) is 1.65. The van der Waals surface area contributed by atoms with E-state index in [1.54, 1.807) is 7.11 Å². The molecule has 2 atom stereocenters. The van der Waals surface area contributed by atoms with E-state index in [2.05, 4.69) is 15.9 Å². The zero-order valence-corrected chi connectivity index (χ0v) is 11.0. The van der Waals surface area contributed by atoms with Crippen LogP contribution in [0.15, 0.2) is 24.3 Å². The van der Waals surface area contributed by atoms with Crippen LogP contribution in [0.5, 0.6) is 5.75 Å². The lowest BCUT2D eigenvalue weighted by Gasteiger charge is -2.37. The van der Waals surface area contributed by atoms with Crippen LogP contribution >= 0.6 is 15.9 Å². The Bertz CT molecular complexity index is 367. The Balaban J connectivity index is 2.33. The van der Waals surface area contributed by atoms with Gasteiger partial charge in [0.25, 0.3) is 0 Å². The summed E-state index contributed by atoms with van der Waals surface area (Å²) in [5.41, 5.74) is 0.209. The van der Waals surface area contributed by atoms with Crippen molar-refractivity contribution < 1.29 is 9.84 Å². The maximum atomic E-state index is 10.7. The lowest BCUT2D eigenvalue weighted by Crippen LogP contribution is -2.38. The fourth-order valence-corrected chi connectivity index (χ4v) is 3.15. The first-order valence-corrected chi connectivity index (χ1v) is 6.59. The van der Waals surface area contributed by atoms with Gasteiger partial charge in [-0.25, -0.2) is 0 Å². The number of methoxy groups -OCH3 is 1. The molecule has 0 unspecified atom stereocenters. The van der Waals surface area contributed by atoms with Crippen LogP contribution in [-0.2, 0) is 5.60 Å². The van der Waals surface area contributed by atoms with Crippen molar-refractivity contribution in [2.24, 2.45) is 0 Å². The molecule has 0 aromatic heterocycles. The number of hydrogen-bond donors (Lipinski definition) is 1. The molecule has 3 heteroatoms. The molecule has 0 spiro atoms. The molecule has 0 heterocycles. The van der Waals surface area contributed by atoms with Crippen LogP contribution < -0.4 is 4.74 Å². The lowest BCUT2D eigenvalue weighted by molar-refractivity contribution is 0.00803. The highest BCUT2D eigenvalue weighted by Gasteiger charge is 2.38. The summed E-state index contributed by atoms with van der Waals surface area (Å²) < 4.78 is 5.20. The second-order valence-electron chi connectivity index (χ2n) is 4.37. The van der Waals surface area contributed by atoms with Gasteiger partial charge in [-0.2, -0.15) is 0 Å². The Morgan fingerprint density at radius 3 is 2.94 bits per heavy atom. The summed E-state index contributed by atoms with van der Waals surface area (Å²) >= 11 is 3.60. The molecule has 0 amide bonds. The van der Waals surface area contributed by atoms with Crippen molar-refractivity contribution in [3.63, 3.8) is 0 Å². The van der Waals surface area contributed by atoms with Crippen molar-refractivity contribution in [2.75, 3.05) is 7.11 Å². The zero-order valence-electron chi connectivity index (χ0n) is 9.45. The third-order valence-electron chi connectivity index (χ3n) is 3.35. The third kappa shape index (κ3) is 2.11. The monoisotopic (exact) mass is 284 g/mol. The molecular formula is C13H17BrO2. The zero-order chi connectivity index (χ0) is 11.6. The SMILES string of the molecule is COc1cccc([C@@]2(O)CCCC[C@H]2Br)c1. The third-order valence-corrected chi connectivity index (χ3v) is 4.57. The van der Waals surface area contributed by atoms with E-state index in [0.717, 1.165) is 30.6 Å². The topological polar surface area (TPSA) is 29.5 Å². The van der Waals surface area contributed by atoms with E-state index in [-0.39, 0.29) is 4.83 Å². The van der Waals surface area contributed by atoms with E-state index in [0.29, 0.717) is 0 Å². The van der Waals surface area contributed by atoms with Crippen molar-refractivity contribution in [2.45, 2.75) is 36.1 Å². The van der Waals surface area contributed by atoms with E-state index < -0.39 is 5.60 Å². The van der Waals surface area contributed by atoms with E-state index in [9.17, 15) is 5.11 Å². The summed E-state index contributed by atoms with van der Waals surface area (Å²) in [5, 5.41) is 10.7. The molecule has 1 fully saturated rings. The molecule has 1 aliphatic rings. The van der Waals surface area contributed by atoms with Gasteiger partial charge in [-0.05, 0) is 30.5 Å². The van der Waals surface area contributed by atoms with Gasteiger partial charge < -0.3 is 9.84 Å². The van der Waals surface area contributed by atoms with Crippen LogP contribution in [0.4, 0.5) is 0 Å². The van der Waals surface area contributed by atoms with Gasteiger partial charge in [0.15, 0.2) is 0 Å². The Morgan fingerprint density at radius 2 is 2.25 bits per heavy atom.